The molecule has 1 amide bonds. The molecule has 1 fully saturated rings. The lowest BCUT2D eigenvalue weighted by Gasteiger charge is -2.22. The Morgan fingerprint density at radius 3 is 2.96 bits per heavy atom. The molecule has 0 saturated heterocycles. The number of aromatic amines is 1. The summed E-state index contributed by atoms with van der Waals surface area (Å²) in [5, 5.41) is 18.5. The number of amides is 1. The van der Waals surface area contributed by atoms with Crippen molar-refractivity contribution < 1.29 is 9.53 Å². The molecule has 0 aliphatic heterocycles. The molecule has 1 aromatic carbocycles. The van der Waals surface area contributed by atoms with E-state index in [4.69, 9.17) is 4.74 Å². The predicted molar refractivity (Wildman–Crippen MR) is 99.8 cm³/mol. The first-order valence-electron chi connectivity index (χ1n) is 8.43. The van der Waals surface area contributed by atoms with Crippen LogP contribution >= 0.6 is 11.3 Å². The number of rotatable bonds is 4. The molecule has 2 aromatic heterocycles. The summed E-state index contributed by atoms with van der Waals surface area (Å²) < 4.78 is 5.27. The van der Waals surface area contributed by atoms with Crippen molar-refractivity contribution in [2.45, 2.75) is 25.2 Å². The number of H-pyrrole nitrogens is 1. The quantitative estimate of drug-likeness (QED) is 0.674. The van der Waals surface area contributed by atoms with Crippen molar-refractivity contribution in [1.29, 1.82) is 0 Å². The number of ether oxygens (including phenoxy) is 1. The third-order valence-electron chi connectivity index (χ3n) is 4.37. The van der Waals surface area contributed by atoms with Gasteiger partial charge in [-0.3, -0.25) is 10.1 Å². The number of hydrogen-bond donors (Lipinski definition) is 2. The molecule has 8 nitrogen and oxygen atoms in total. The molecule has 0 radical (unpaired) electrons. The minimum Gasteiger partial charge on any atom is -0.496 e. The predicted octanol–water partition coefficient (Wildman–Crippen LogP) is 2.58. The summed E-state index contributed by atoms with van der Waals surface area (Å²) in [6.45, 7) is 0. The highest BCUT2D eigenvalue weighted by molar-refractivity contribution is 7.10. The zero-order valence-electron chi connectivity index (χ0n) is 14.5. The molecule has 1 aliphatic carbocycles. The van der Waals surface area contributed by atoms with Crippen molar-refractivity contribution >= 4 is 23.2 Å². The monoisotopic (exact) mass is 380 g/mol. The largest absolute Gasteiger partial charge is 0.496 e. The second-order valence-electron chi connectivity index (χ2n) is 6.06. The second-order valence-corrected chi connectivity index (χ2v) is 6.92. The van der Waals surface area contributed by atoms with Crippen LogP contribution in [0.4, 0.5) is 5.95 Å². The fourth-order valence-electron chi connectivity index (χ4n) is 2.71. The average Bonchev–Trinajstić information content (AvgIpc) is 3.30. The third-order valence-corrected chi connectivity index (χ3v) is 5.15. The van der Waals surface area contributed by atoms with Gasteiger partial charge in [0, 0.05) is 16.9 Å². The van der Waals surface area contributed by atoms with Crippen LogP contribution in [0.1, 0.15) is 51.8 Å². The smallest absolute Gasteiger partial charge is 0.270 e. The Labute approximate surface area is 159 Å². The van der Waals surface area contributed by atoms with Crippen LogP contribution in [0.5, 0.6) is 5.75 Å². The van der Waals surface area contributed by atoms with Gasteiger partial charge in [0.2, 0.25) is 0 Å². The number of benzene rings is 1. The van der Waals surface area contributed by atoms with E-state index in [-0.39, 0.29) is 5.95 Å². The number of aromatic nitrogens is 5. The van der Waals surface area contributed by atoms with Crippen LogP contribution < -0.4 is 10.1 Å². The molecular formula is C18H16N6O2S. The molecular weight excluding hydrogens is 364 g/mol. The summed E-state index contributed by atoms with van der Waals surface area (Å²) in [4.78, 5) is 17.1. The summed E-state index contributed by atoms with van der Waals surface area (Å²) in [6.07, 6.45) is 3.71. The summed E-state index contributed by atoms with van der Waals surface area (Å²) in [5.74, 6) is 6.86. The minimum absolute atomic E-state index is 0.0878. The standard InChI is InChI=1S/C18H16N6O2S/c1-26-15-7-5-11(9-13(15)17(25)20-18-21-23-24-22-18)6-8-16-19-14(10-27-16)12-3-2-4-12/h5,7,9-10,12H,2-4H2,1H3,(H2,20,21,22,23,24,25). The maximum Gasteiger partial charge on any atom is 0.270 e. The molecule has 0 atom stereocenters. The minimum atomic E-state index is -0.404. The van der Waals surface area contributed by atoms with Gasteiger partial charge in [-0.25, -0.2) is 4.98 Å². The molecule has 1 aliphatic rings. The highest BCUT2D eigenvalue weighted by Crippen LogP contribution is 2.36. The maximum absolute atomic E-state index is 12.5. The molecule has 1 saturated carbocycles. The summed E-state index contributed by atoms with van der Waals surface area (Å²) in [5.41, 5.74) is 2.17. The Bertz CT molecular complexity index is 1010. The summed E-state index contributed by atoms with van der Waals surface area (Å²) >= 11 is 1.55. The highest BCUT2D eigenvalue weighted by atomic mass is 32.1. The van der Waals surface area contributed by atoms with Gasteiger partial charge >= 0.3 is 0 Å². The summed E-state index contributed by atoms with van der Waals surface area (Å²) in [7, 11) is 1.50. The van der Waals surface area contributed by atoms with Crippen LogP contribution in [0.15, 0.2) is 23.6 Å². The van der Waals surface area contributed by atoms with Gasteiger partial charge in [0.15, 0.2) is 5.01 Å². The molecule has 27 heavy (non-hydrogen) atoms. The number of carbonyl (C=O) groups excluding carboxylic acids is 1. The number of tetrazole rings is 1. The van der Waals surface area contributed by atoms with Crippen molar-refractivity contribution in [2.24, 2.45) is 0 Å². The fourth-order valence-corrected chi connectivity index (χ4v) is 3.45. The molecule has 136 valence electrons. The van der Waals surface area contributed by atoms with E-state index < -0.39 is 5.91 Å². The number of thiazole rings is 1. The van der Waals surface area contributed by atoms with Crippen molar-refractivity contribution in [3.05, 3.63) is 45.4 Å². The van der Waals surface area contributed by atoms with Crippen LogP contribution in [0.25, 0.3) is 0 Å². The Morgan fingerprint density at radius 2 is 2.26 bits per heavy atom. The van der Waals surface area contributed by atoms with E-state index in [2.05, 4.69) is 48.1 Å². The topological polar surface area (TPSA) is 106 Å². The van der Waals surface area contributed by atoms with Crippen molar-refractivity contribution in [2.75, 3.05) is 12.4 Å². The molecule has 0 unspecified atom stereocenters. The zero-order valence-corrected chi connectivity index (χ0v) is 15.3. The lowest BCUT2D eigenvalue weighted by atomic mass is 9.83. The Balaban J connectivity index is 1.55. The number of nitrogens with one attached hydrogen (secondary N) is 2. The number of methoxy groups -OCH3 is 1. The van der Waals surface area contributed by atoms with Crippen LogP contribution in [0.3, 0.4) is 0 Å². The second kappa shape index (κ2) is 7.55. The van der Waals surface area contributed by atoms with Gasteiger partial charge in [0.1, 0.15) is 5.75 Å². The average molecular weight is 380 g/mol. The van der Waals surface area contributed by atoms with E-state index in [1.165, 1.54) is 26.4 Å². The van der Waals surface area contributed by atoms with E-state index in [9.17, 15) is 4.79 Å². The van der Waals surface area contributed by atoms with E-state index >= 15 is 0 Å². The number of carbonyl (C=O) groups is 1. The molecule has 3 aromatic rings. The highest BCUT2D eigenvalue weighted by Gasteiger charge is 2.21. The van der Waals surface area contributed by atoms with Gasteiger partial charge in [-0.1, -0.05) is 17.4 Å². The van der Waals surface area contributed by atoms with Crippen molar-refractivity contribution in [3.8, 4) is 17.6 Å². The normalized spacial score (nSPS) is 13.4. The van der Waals surface area contributed by atoms with Gasteiger partial charge in [0.25, 0.3) is 11.9 Å². The van der Waals surface area contributed by atoms with E-state index in [1.807, 2.05) is 0 Å². The Hall–Kier alpha value is -3.25. The summed E-state index contributed by atoms with van der Waals surface area (Å²) in [6, 6.07) is 5.18. The number of anilines is 1. The van der Waals surface area contributed by atoms with Crippen LogP contribution in [0.2, 0.25) is 0 Å². The Kier molecular flexibility index (Phi) is 4.80. The van der Waals surface area contributed by atoms with Gasteiger partial charge in [-0.2, -0.15) is 5.21 Å². The van der Waals surface area contributed by atoms with Gasteiger partial charge in [-0.05, 0) is 42.2 Å². The van der Waals surface area contributed by atoms with Crippen molar-refractivity contribution in [1.82, 2.24) is 25.6 Å². The first kappa shape index (κ1) is 17.2. The number of nitrogens with zero attached hydrogens (tertiary/aromatic N) is 4. The fraction of sp³-hybridized carbons (Fsp3) is 0.278. The van der Waals surface area contributed by atoms with Crippen LogP contribution in [-0.2, 0) is 0 Å². The molecule has 4 rings (SSSR count). The van der Waals surface area contributed by atoms with E-state index in [0.29, 0.717) is 22.8 Å². The lowest BCUT2D eigenvalue weighted by Crippen LogP contribution is -2.14. The molecule has 0 bridgehead atoms. The molecule has 2 N–H and O–H groups in total. The lowest BCUT2D eigenvalue weighted by molar-refractivity contribution is 0.102. The van der Waals surface area contributed by atoms with Gasteiger partial charge < -0.3 is 4.74 Å². The molecule has 0 spiro atoms. The SMILES string of the molecule is COc1ccc(C#Cc2nc(C3CCC3)cs2)cc1C(=O)Nc1nn[nH]n1. The first-order valence-corrected chi connectivity index (χ1v) is 9.31. The zero-order chi connectivity index (χ0) is 18.6. The first-order chi connectivity index (χ1) is 13.2. The van der Waals surface area contributed by atoms with Crippen LogP contribution in [-0.4, -0.2) is 38.6 Å². The van der Waals surface area contributed by atoms with Gasteiger partial charge in [-0.15, -0.1) is 16.4 Å². The Morgan fingerprint density at radius 1 is 1.37 bits per heavy atom. The molecule has 2 heterocycles. The van der Waals surface area contributed by atoms with E-state index in [1.54, 1.807) is 29.5 Å². The number of hydrogen-bond acceptors (Lipinski definition) is 7. The van der Waals surface area contributed by atoms with Crippen molar-refractivity contribution in [3.63, 3.8) is 0 Å². The third kappa shape index (κ3) is 3.80. The van der Waals surface area contributed by atoms with Crippen LogP contribution in [0, 0.1) is 11.8 Å². The molecule has 9 heteroatoms. The van der Waals surface area contributed by atoms with E-state index in [0.717, 1.165) is 10.7 Å². The maximum atomic E-state index is 12.5. The van der Waals surface area contributed by atoms with Gasteiger partial charge in [0.05, 0.1) is 18.4 Å².